The largest absolute Gasteiger partial charge is 0.375 e. The topological polar surface area (TPSA) is 61.2 Å². The van der Waals surface area contributed by atoms with Gasteiger partial charge in [-0.05, 0) is 63.6 Å². The number of carbonyl (C=O) groups is 1. The van der Waals surface area contributed by atoms with Crippen LogP contribution in [0.25, 0.3) is 11.3 Å². The second-order valence-electron chi connectivity index (χ2n) is 11.6. The Morgan fingerprint density at radius 3 is 2.61 bits per heavy atom. The zero-order chi connectivity index (χ0) is 26.5. The van der Waals surface area contributed by atoms with Crippen molar-refractivity contribution < 1.29 is 9.53 Å². The summed E-state index contributed by atoms with van der Waals surface area (Å²) in [6.07, 6.45) is 6.75. The van der Waals surface area contributed by atoms with E-state index in [1.807, 2.05) is 34.9 Å². The van der Waals surface area contributed by atoms with E-state index in [2.05, 4.69) is 48.0 Å². The summed E-state index contributed by atoms with van der Waals surface area (Å²) < 4.78 is 8.89. The second-order valence-corrected chi connectivity index (χ2v) is 13.4. The van der Waals surface area contributed by atoms with Crippen molar-refractivity contribution in [3.8, 4) is 11.3 Å². The Balaban J connectivity index is 1.48. The van der Waals surface area contributed by atoms with Gasteiger partial charge in [0.15, 0.2) is 10.9 Å². The maximum absolute atomic E-state index is 14.6. The maximum atomic E-state index is 14.6. The SMILES string of the molecule is CC1(C)CC(n2c(SCC(=O)c3ccc(Br)cc3)nc3c(c2=O)C2(CCCC2)Cc2ccccc2-3)CCO1. The molecule has 6 rings (SSSR count). The number of rotatable bonds is 5. The molecule has 1 unspecified atom stereocenters. The van der Waals surface area contributed by atoms with Gasteiger partial charge in [0, 0.05) is 33.7 Å². The van der Waals surface area contributed by atoms with Gasteiger partial charge >= 0.3 is 0 Å². The highest BCUT2D eigenvalue weighted by atomic mass is 79.9. The predicted molar refractivity (Wildman–Crippen MR) is 155 cm³/mol. The van der Waals surface area contributed by atoms with E-state index in [1.165, 1.54) is 17.3 Å². The normalized spacial score (nSPS) is 21.2. The van der Waals surface area contributed by atoms with E-state index in [1.54, 1.807) is 0 Å². The molecule has 2 heterocycles. The lowest BCUT2D eigenvalue weighted by Crippen LogP contribution is -2.44. The molecular weight excluding hydrogens is 560 g/mol. The molecule has 0 radical (unpaired) electrons. The molecule has 7 heteroatoms. The number of thioether (sulfide) groups is 1. The fourth-order valence-electron chi connectivity index (χ4n) is 6.72. The standard InChI is InChI=1S/C31H33BrN2O3S/c1-30(2)18-23(13-16-37-30)34-28(36)26-27(24-8-4-3-7-21(24)17-31(26)14-5-6-15-31)33-29(34)38-19-25(35)20-9-11-22(32)12-10-20/h3-4,7-12,23H,5-6,13-19H2,1-2H3. The summed E-state index contributed by atoms with van der Waals surface area (Å²) in [5.41, 5.74) is 4.38. The number of hydrogen-bond acceptors (Lipinski definition) is 5. The summed E-state index contributed by atoms with van der Waals surface area (Å²) in [6, 6.07) is 15.8. The summed E-state index contributed by atoms with van der Waals surface area (Å²) in [6.45, 7) is 4.79. The molecule has 2 fully saturated rings. The fraction of sp³-hybridized carbons (Fsp3) is 0.452. The van der Waals surface area contributed by atoms with E-state index in [9.17, 15) is 9.59 Å². The number of carbonyl (C=O) groups excluding carboxylic acids is 1. The average molecular weight is 594 g/mol. The summed E-state index contributed by atoms with van der Waals surface area (Å²) in [5, 5.41) is 0.645. The van der Waals surface area contributed by atoms with E-state index in [0.717, 1.165) is 66.2 Å². The predicted octanol–water partition coefficient (Wildman–Crippen LogP) is 7.15. The Morgan fingerprint density at radius 1 is 1.13 bits per heavy atom. The zero-order valence-corrected chi connectivity index (χ0v) is 24.4. The van der Waals surface area contributed by atoms with Crippen LogP contribution in [0.1, 0.15) is 79.9 Å². The van der Waals surface area contributed by atoms with Gasteiger partial charge in [-0.1, -0.05) is 76.9 Å². The van der Waals surface area contributed by atoms with E-state index < -0.39 is 0 Å². The van der Waals surface area contributed by atoms with Gasteiger partial charge in [-0.15, -0.1) is 0 Å². The number of aromatic nitrogens is 2. The van der Waals surface area contributed by atoms with E-state index in [-0.39, 0.29) is 34.2 Å². The average Bonchev–Trinajstić information content (AvgIpc) is 3.35. The van der Waals surface area contributed by atoms with Gasteiger partial charge in [0.05, 0.1) is 22.6 Å². The highest BCUT2D eigenvalue weighted by molar-refractivity contribution is 9.10. The molecule has 5 nitrogen and oxygen atoms in total. The molecule has 1 atom stereocenters. The Hall–Kier alpha value is -2.22. The number of ketones is 1. The highest BCUT2D eigenvalue weighted by Gasteiger charge is 2.45. The van der Waals surface area contributed by atoms with Crippen molar-refractivity contribution in [2.24, 2.45) is 0 Å². The lowest BCUT2D eigenvalue weighted by molar-refractivity contribution is -0.0710. The Labute approximate surface area is 236 Å². The van der Waals surface area contributed by atoms with Gasteiger partial charge in [0.2, 0.25) is 0 Å². The molecule has 1 saturated heterocycles. The minimum atomic E-state index is -0.314. The van der Waals surface area contributed by atoms with Crippen LogP contribution >= 0.6 is 27.7 Å². The van der Waals surface area contributed by atoms with Crippen molar-refractivity contribution in [1.29, 1.82) is 0 Å². The van der Waals surface area contributed by atoms with Gasteiger partial charge in [-0.25, -0.2) is 4.98 Å². The lowest BCUT2D eigenvalue weighted by atomic mass is 9.68. The zero-order valence-electron chi connectivity index (χ0n) is 22.0. The Bertz CT molecular complexity index is 1440. The quantitative estimate of drug-likeness (QED) is 0.179. The molecule has 1 saturated carbocycles. The third-order valence-corrected chi connectivity index (χ3v) is 9.99. The van der Waals surface area contributed by atoms with Crippen molar-refractivity contribution >= 4 is 33.5 Å². The van der Waals surface area contributed by atoms with Crippen LogP contribution in [0.5, 0.6) is 0 Å². The lowest BCUT2D eigenvalue weighted by Gasteiger charge is -2.40. The minimum Gasteiger partial charge on any atom is -0.375 e. The van der Waals surface area contributed by atoms with Crippen LogP contribution in [0, 0.1) is 0 Å². The summed E-state index contributed by atoms with van der Waals surface area (Å²) in [5.74, 6) is 0.257. The smallest absolute Gasteiger partial charge is 0.258 e. The number of halogens is 1. The summed E-state index contributed by atoms with van der Waals surface area (Å²) >= 11 is 4.83. The van der Waals surface area contributed by atoms with Crippen LogP contribution in [-0.4, -0.2) is 33.3 Å². The number of fused-ring (bicyclic) bond motifs is 4. The monoisotopic (exact) mass is 592 g/mol. The van der Waals surface area contributed by atoms with Crippen molar-refractivity contribution in [2.45, 2.75) is 81.0 Å². The van der Waals surface area contributed by atoms with Crippen molar-refractivity contribution in [1.82, 2.24) is 9.55 Å². The molecule has 1 aliphatic heterocycles. The molecule has 1 spiro atoms. The van der Waals surface area contributed by atoms with Gasteiger partial charge < -0.3 is 4.74 Å². The number of hydrogen-bond donors (Lipinski definition) is 0. The molecule has 3 aliphatic rings. The van der Waals surface area contributed by atoms with Gasteiger partial charge in [0.25, 0.3) is 5.56 Å². The van der Waals surface area contributed by atoms with Crippen LogP contribution in [0.3, 0.4) is 0 Å². The first-order valence-corrected chi connectivity index (χ1v) is 15.4. The molecule has 38 heavy (non-hydrogen) atoms. The minimum absolute atomic E-state index is 0.00930. The molecule has 198 valence electrons. The molecule has 2 aliphatic carbocycles. The van der Waals surface area contributed by atoms with Gasteiger partial charge in [-0.2, -0.15) is 0 Å². The van der Waals surface area contributed by atoms with Crippen molar-refractivity contribution in [2.75, 3.05) is 12.4 Å². The molecule has 0 bridgehead atoms. The van der Waals surface area contributed by atoms with Crippen LogP contribution in [0.15, 0.2) is 63.0 Å². The summed E-state index contributed by atoms with van der Waals surface area (Å²) in [4.78, 5) is 33.0. The Morgan fingerprint density at radius 2 is 1.87 bits per heavy atom. The first kappa shape index (κ1) is 26.0. The third-order valence-electron chi connectivity index (χ3n) is 8.51. The second kappa shape index (κ2) is 10.1. The first-order chi connectivity index (χ1) is 18.3. The van der Waals surface area contributed by atoms with Crippen molar-refractivity contribution in [3.63, 3.8) is 0 Å². The first-order valence-electron chi connectivity index (χ1n) is 13.6. The number of nitrogens with zero attached hydrogens (tertiary/aromatic N) is 2. The van der Waals surface area contributed by atoms with Crippen LogP contribution in [0.2, 0.25) is 0 Å². The van der Waals surface area contributed by atoms with Crippen LogP contribution in [0.4, 0.5) is 0 Å². The van der Waals surface area contributed by atoms with E-state index in [4.69, 9.17) is 9.72 Å². The molecule has 0 N–H and O–H groups in total. The number of ether oxygens (including phenoxy) is 1. The molecular formula is C31H33BrN2O3S. The Kier molecular flexibility index (Phi) is 6.90. The highest BCUT2D eigenvalue weighted by Crippen LogP contribution is 2.50. The fourth-order valence-corrected chi connectivity index (χ4v) is 7.94. The van der Waals surface area contributed by atoms with Crippen molar-refractivity contribution in [3.05, 3.63) is 80.0 Å². The van der Waals surface area contributed by atoms with Gasteiger partial charge in [-0.3, -0.25) is 14.2 Å². The van der Waals surface area contributed by atoms with E-state index in [0.29, 0.717) is 17.3 Å². The molecule has 0 amide bonds. The van der Waals surface area contributed by atoms with E-state index >= 15 is 0 Å². The maximum Gasteiger partial charge on any atom is 0.258 e. The third kappa shape index (κ3) is 4.71. The number of Topliss-reactive ketones (excluding diaryl/α,β-unsaturated/α-hetero) is 1. The van der Waals surface area contributed by atoms with Gasteiger partial charge in [0.1, 0.15) is 0 Å². The van der Waals surface area contributed by atoms with Crippen LogP contribution < -0.4 is 5.56 Å². The molecule has 3 aromatic rings. The number of benzene rings is 2. The molecule has 1 aromatic heterocycles. The summed E-state index contributed by atoms with van der Waals surface area (Å²) in [7, 11) is 0. The molecule has 2 aromatic carbocycles. The van der Waals surface area contributed by atoms with Crippen LogP contribution in [-0.2, 0) is 16.6 Å².